The fourth-order valence-electron chi connectivity index (χ4n) is 2.27. The molecule has 1 heterocycles. The first kappa shape index (κ1) is 15.3. The predicted molar refractivity (Wildman–Crippen MR) is 83.0 cm³/mol. The van der Waals surface area contributed by atoms with E-state index < -0.39 is 0 Å². The topological polar surface area (TPSA) is 72.9 Å². The minimum absolute atomic E-state index is 0.389. The first-order valence-electron chi connectivity index (χ1n) is 7.17. The zero-order valence-electron chi connectivity index (χ0n) is 12.6. The molecule has 0 saturated heterocycles. The van der Waals surface area contributed by atoms with E-state index in [1.807, 2.05) is 23.7 Å². The van der Waals surface area contributed by atoms with Gasteiger partial charge in [-0.25, -0.2) is 0 Å². The van der Waals surface area contributed by atoms with E-state index >= 15 is 0 Å². The molecule has 112 valence electrons. The van der Waals surface area contributed by atoms with Gasteiger partial charge in [0.05, 0.1) is 5.69 Å². The van der Waals surface area contributed by atoms with Crippen molar-refractivity contribution in [2.45, 2.75) is 33.4 Å². The highest BCUT2D eigenvalue weighted by Gasteiger charge is 2.01. The van der Waals surface area contributed by atoms with Gasteiger partial charge in [-0.2, -0.15) is 5.10 Å². The third-order valence-electron chi connectivity index (χ3n) is 3.39. The number of hydrogen-bond donors (Lipinski definition) is 2. The number of benzene rings is 1. The molecule has 1 amide bonds. The Labute approximate surface area is 125 Å². The summed E-state index contributed by atoms with van der Waals surface area (Å²) in [6, 6.07) is 9.46. The fourth-order valence-corrected chi connectivity index (χ4v) is 2.27. The van der Waals surface area contributed by atoms with E-state index in [1.54, 1.807) is 12.1 Å². The lowest BCUT2D eigenvalue weighted by Gasteiger charge is -2.07. The van der Waals surface area contributed by atoms with Crippen molar-refractivity contribution in [2.24, 2.45) is 5.73 Å². The maximum absolute atomic E-state index is 11.0. The molecule has 0 fully saturated rings. The minimum Gasteiger partial charge on any atom is -0.366 e. The third-order valence-corrected chi connectivity index (χ3v) is 3.39. The lowest BCUT2D eigenvalue weighted by atomic mass is 10.1. The van der Waals surface area contributed by atoms with E-state index in [0.717, 1.165) is 37.3 Å². The lowest BCUT2D eigenvalue weighted by Crippen LogP contribution is -2.17. The Morgan fingerprint density at radius 3 is 2.57 bits per heavy atom. The average molecular weight is 286 g/mol. The summed E-state index contributed by atoms with van der Waals surface area (Å²) in [4.78, 5) is 11.0. The summed E-state index contributed by atoms with van der Waals surface area (Å²) >= 11 is 0. The van der Waals surface area contributed by atoms with Crippen molar-refractivity contribution >= 4 is 5.91 Å². The molecular formula is C16H22N4O. The summed E-state index contributed by atoms with van der Waals surface area (Å²) in [5.74, 6) is -0.389. The Kier molecular flexibility index (Phi) is 5.11. The van der Waals surface area contributed by atoms with Crippen LogP contribution in [-0.4, -0.2) is 22.2 Å². The standard InChI is InChI=1S/C16H22N4O/c1-12-10-13(2)20(19-12)9-3-8-18-11-14-4-6-15(7-5-14)16(17)21/h4-7,10,18H,3,8-9,11H2,1-2H3,(H2,17,21). The van der Waals surface area contributed by atoms with Gasteiger partial charge in [0.1, 0.15) is 0 Å². The Morgan fingerprint density at radius 2 is 2.00 bits per heavy atom. The average Bonchev–Trinajstić information content (AvgIpc) is 2.77. The lowest BCUT2D eigenvalue weighted by molar-refractivity contribution is 0.100. The molecule has 0 radical (unpaired) electrons. The Bertz CT molecular complexity index is 601. The van der Waals surface area contributed by atoms with Crippen molar-refractivity contribution in [3.05, 3.63) is 52.8 Å². The van der Waals surface area contributed by atoms with E-state index in [9.17, 15) is 4.79 Å². The zero-order valence-corrected chi connectivity index (χ0v) is 12.6. The number of carbonyl (C=O) groups is 1. The molecule has 0 unspecified atom stereocenters. The molecule has 21 heavy (non-hydrogen) atoms. The highest BCUT2D eigenvalue weighted by Crippen LogP contribution is 2.04. The van der Waals surface area contributed by atoms with Crippen molar-refractivity contribution in [2.75, 3.05) is 6.54 Å². The summed E-state index contributed by atoms with van der Waals surface area (Å²) < 4.78 is 2.04. The van der Waals surface area contributed by atoms with Crippen molar-refractivity contribution in [3.8, 4) is 0 Å². The summed E-state index contributed by atoms with van der Waals surface area (Å²) in [7, 11) is 0. The number of rotatable bonds is 7. The highest BCUT2D eigenvalue weighted by atomic mass is 16.1. The van der Waals surface area contributed by atoms with E-state index in [2.05, 4.69) is 23.4 Å². The first-order chi connectivity index (χ1) is 10.1. The van der Waals surface area contributed by atoms with Crippen molar-refractivity contribution in [1.82, 2.24) is 15.1 Å². The fraction of sp³-hybridized carbons (Fsp3) is 0.375. The molecule has 0 bridgehead atoms. The van der Waals surface area contributed by atoms with E-state index in [-0.39, 0.29) is 5.91 Å². The second kappa shape index (κ2) is 7.04. The van der Waals surface area contributed by atoms with Crippen molar-refractivity contribution < 1.29 is 4.79 Å². The quantitative estimate of drug-likeness (QED) is 0.762. The molecule has 0 saturated carbocycles. The van der Waals surface area contributed by atoms with Crippen LogP contribution in [0.15, 0.2) is 30.3 Å². The number of aromatic nitrogens is 2. The second-order valence-electron chi connectivity index (χ2n) is 5.24. The van der Waals surface area contributed by atoms with Crippen LogP contribution in [0.4, 0.5) is 0 Å². The molecule has 0 spiro atoms. The van der Waals surface area contributed by atoms with Crippen LogP contribution >= 0.6 is 0 Å². The number of primary amides is 1. The number of carbonyl (C=O) groups excluding carboxylic acids is 1. The van der Waals surface area contributed by atoms with Gasteiger partial charge < -0.3 is 11.1 Å². The zero-order chi connectivity index (χ0) is 15.2. The van der Waals surface area contributed by atoms with Gasteiger partial charge in [-0.3, -0.25) is 9.48 Å². The van der Waals surface area contributed by atoms with Gasteiger partial charge in [0, 0.05) is 24.3 Å². The van der Waals surface area contributed by atoms with Gasteiger partial charge in [-0.15, -0.1) is 0 Å². The SMILES string of the molecule is Cc1cc(C)n(CCCNCc2ccc(C(N)=O)cc2)n1. The van der Waals surface area contributed by atoms with E-state index in [1.165, 1.54) is 5.69 Å². The summed E-state index contributed by atoms with van der Waals surface area (Å²) in [6.45, 7) is 6.73. The molecule has 0 aliphatic carbocycles. The van der Waals surface area contributed by atoms with Gasteiger partial charge in [-0.1, -0.05) is 12.1 Å². The van der Waals surface area contributed by atoms with Crippen LogP contribution in [0.25, 0.3) is 0 Å². The van der Waals surface area contributed by atoms with Crippen LogP contribution in [0.3, 0.4) is 0 Å². The van der Waals surface area contributed by atoms with Crippen molar-refractivity contribution in [3.63, 3.8) is 0 Å². The Balaban J connectivity index is 1.70. The third kappa shape index (κ3) is 4.43. The van der Waals surface area contributed by atoms with Crippen molar-refractivity contribution in [1.29, 1.82) is 0 Å². The van der Waals surface area contributed by atoms with Crippen LogP contribution in [-0.2, 0) is 13.1 Å². The molecule has 0 aliphatic heterocycles. The van der Waals surface area contributed by atoms with Gasteiger partial charge in [-0.05, 0) is 50.6 Å². The molecule has 0 aliphatic rings. The largest absolute Gasteiger partial charge is 0.366 e. The summed E-state index contributed by atoms with van der Waals surface area (Å²) in [5.41, 5.74) is 9.17. The van der Waals surface area contributed by atoms with Crippen LogP contribution in [0.5, 0.6) is 0 Å². The Hall–Kier alpha value is -2.14. The number of hydrogen-bond acceptors (Lipinski definition) is 3. The molecule has 2 rings (SSSR count). The smallest absolute Gasteiger partial charge is 0.248 e. The predicted octanol–water partition coefficient (Wildman–Crippen LogP) is 1.78. The highest BCUT2D eigenvalue weighted by molar-refractivity contribution is 5.92. The van der Waals surface area contributed by atoms with Crippen LogP contribution in [0.1, 0.15) is 33.7 Å². The Morgan fingerprint density at radius 1 is 1.29 bits per heavy atom. The monoisotopic (exact) mass is 286 g/mol. The van der Waals surface area contributed by atoms with Gasteiger partial charge in [0.2, 0.25) is 5.91 Å². The maximum Gasteiger partial charge on any atom is 0.248 e. The number of amides is 1. The molecular weight excluding hydrogens is 264 g/mol. The van der Waals surface area contributed by atoms with Gasteiger partial charge in [0.25, 0.3) is 0 Å². The number of nitrogens with one attached hydrogen (secondary N) is 1. The number of nitrogens with zero attached hydrogens (tertiary/aromatic N) is 2. The van der Waals surface area contributed by atoms with E-state index in [4.69, 9.17) is 5.73 Å². The normalized spacial score (nSPS) is 10.8. The van der Waals surface area contributed by atoms with Gasteiger partial charge in [0.15, 0.2) is 0 Å². The molecule has 5 heteroatoms. The molecule has 1 aromatic heterocycles. The summed E-state index contributed by atoms with van der Waals surface area (Å²) in [6.07, 6.45) is 1.03. The maximum atomic E-state index is 11.0. The molecule has 1 aromatic carbocycles. The van der Waals surface area contributed by atoms with Crippen LogP contribution < -0.4 is 11.1 Å². The van der Waals surface area contributed by atoms with E-state index in [0.29, 0.717) is 5.56 Å². The second-order valence-corrected chi connectivity index (χ2v) is 5.24. The van der Waals surface area contributed by atoms with Gasteiger partial charge >= 0.3 is 0 Å². The number of nitrogens with two attached hydrogens (primary N) is 1. The molecule has 5 nitrogen and oxygen atoms in total. The first-order valence-corrected chi connectivity index (χ1v) is 7.17. The molecule has 3 N–H and O–H groups in total. The molecule has 0 atom stereocenters. The number of aryl methyl sites for hydroxylation is 3. The van der Waals surface area contributed by atoms with Crippen LogP contribution in [0.2, 0.25) is 0 Å². The minimum atomic E-state index is -0.389. The molecule has 2 aromatic rings. The summed E-state index contributed by atoms with van der Waals surface area (Å²) in [5, 5.41) is 7.83. The van der Waals surface area contributed by atoms with Crippen LogP contribution in [0, 0.1) is 13.8 Å².